The van der Waals surface area contributed by atoms with Crippen LogP contribution >= 0.6 is 0 Å². The average Bonchev–Trinajstić information content (AvgIpc) is 3.99. The molecule has 0 atom stereocenters. The molecule has 244 valence electrons. The first-order valence-corrected chi connectivity index (χ1v) is 17.0. The van der Waals surface area contributed by atoms with Gasteiger partial charge in [0.05, 0.1) is 34.2 Å². The molecule has 0 fully saturated rings. The van der Waals surface area contributed by atoms with Crippen LogP contribution in [0.25, 0.3) is 22.3 Å². The monoisotopic (exact) mass is 661 g/mol. The molecule has 3 aromatic heterocycles. The molecule has 0 saturated heterocycles. The Balaban J connectivity index is 1.36. The zero-order chi connectivity index (χ0) is 34.5. The van der Waals surface area contributed by atoms with Crippen LogP contribution in [-0.2, 0) is 14.1 Å². The minimum absolute atomic E-state index is 0.855. The predicted molar refractivity (Wildman–Crippen MR) is 205 cm³/mol. The number of hydrogen-bond donors (Lipinski definition) is 1. The first kappa shape index (κ1) is 30.3. The number of aromatic amines is 1. The molecule has 0 radical (unpaired) electrons. The number of aryl methyl sites for hydroxylation is 2. The highest BCUT2D eigenvalue weighted by Gasteiger charge is 2.27. The highest BCUT2D eigenvalue weighted by atomic mass is 15.0. The lowest BCUT2D eigenvalue weighted by molar-refractivity contribution is -0.671. The number of pyridine rings is 2. The van der Waals surface area contributed by atoms with Crippen molar-refractivity contribution in [2.45, 2.75) is 0 Å². The molecule has 5 aliphatic rings. The van der Waals surface area contributed by atoms with Crippen LogP contribution in [0.3, 0.4) is 0 Å². The summed E-state index contributed by atoms with van der Waals surface area (Å²) in [5.41, 5.74) is 15.4. The molecule has 1 aromatic carbocycles. The molecule has 9 rings (SSSR count). The van der Waals surface area contributed by atoms with E-state index in [0.29, 0.717) is 0 Å². The van der Waals surface area contributed by atoms with E-state index in [1.54, 1.807) is 0 Å². The Morgan fingerprint density at radius 2 is 0.902 bits per heavy atom. The number of nitrogens with zero attached hydrogens (tertiary/aromatic N) is 6. The van der Waals surface area contributed by atoms with Crippen LogP contribution in [0.2, 0.25) is 0 Å². The lowest BCUT2D eigenvalue weighted by atomic mass is 9.99. The standard InChI is InChI=1S/C44H35N7/c1-49-23-17-30(18-24-49)42-35-11-9-33(45-35)41(29-7-5-4-6-8-29)34-10-12-36(46-34)43(31-19-25-50(2)26-20-31)38-14-16-40(48-38)44(39-15-13-37(42)47-39)32-21-27-51(3)28-22-32/h4-28,45H,1-3H3/q+2. The molecular weight excluding hydrogens is 627 g/mol. The largest absolute Gasteiger partial charge is 0.357 e. The van der Waals surface area contributed by atoms with Crippen molar-refractivity contribution in [2.24, 2.45) is 29.1 Å². The third-order valence-corrected chi connectivity index (χ3v) is 9.55. The van der Waals surface area contributed by atoms with Gasteiger partial charge in [0, 0.05) is 77.4 Å². The van der Waals surface area contributed by atoms with Gasteiger partial charge in [0.25, 0.3) is 0 Å². The molecule has 1 N–H and O–H groups in total. The summed E-state index contributed by atoms with van der Waals surface area (Å²) < 4.78 is 4.08. The van der Waals surface area contributed by atoms with Crippen molar-refractivity contribution in [3.8, 4) is 0 Å². The van der Waals surface area contributed by atoms with Gasteiger partial charge in [-0.3, -0.25) is 0 Å². The minimum atomic E-state index is 0.855. The summed E-state index contributed by atoms with van der Waals surface area (Å²) in [5, 5.41) is 0. The van der Waals surface area contributed by atoms with Crippen LogP contribution < -0.4 is 9.13 Å². The summed E-state index contributed by atoms with van der Waals surface area (Å²) >= 11 is 0. The van der Waals surface area contributed by atoms with E-state index in [1.165, 1.54) is 0 Å². The van der Waals surface area contributed by atoms with Crippen molar-refractivity contribution in [1.82, 2.24) is 9.88 Å². The number of aliphatic imine (C=N–C) groups is 3. The quantitative estimate of drug-likeness (QED) is 0.236. The summed E-state index contributed by atoms with van der Waals surface area (Å²) in [6.07, 6.45) is 29.4. The molecule has 0 amide bonds. The Hall–Kier alpha value is -6.73. The first-order chi connectivity index (χ1) is 25.0. The Kier molecular flexibility index (Phi) is 7.32. The van der Waals surface area contributed by atoms with Gasteiger partial charge >= 0.3 is 0 Å². The van der Waals surface area contributed by atoms with Crippen LogP contribution in [0.1, 0.15) is 28.1 Å². The topological polar surface area (TPSA) is 63.9 Å². The molecule has 7 nitrogen and oxygen atoms in total. The smallest absolute Gasteiger partial charge is 0.169 e. The normalized spacial score (nSPS) is 17.7. The third kappa shape index (κ3) is 5.55. The number of rotatable bonds is 3. The first-order valence-electron chi connectivity index (χ1n) is 17.0. The zero-order valence-electron chi connectivity index (χ0n) is 28.6. The van der Waals surface area contributed by atoms with Crippen molar-refractivity contribution in [2.75, 3.05) is 7.05 Å². The second-order valence-electron chi connectivity index (χ2n) is 13.1. The van der Waals surface area contributed by atoms with Gasteiger partial charge in [-0.25, -0.2) is 24.1 Å². The van der Waals surface area contributed by atoms with Crippen molar-refractivity contribution < 1.29 is 9.13 Å². The lowest BCUT2D eigenvalue weighted by Crippen LogP contribution is -2.26. The molecule has 0 unspecified atom stereocenters. The zero-order valence-corrected chi connectivity index (χ0v) is 28.6. The van der Waals surface area contributed by atoms with Crippen molar-refractivity contribution in [1.29, 1.82) is 0 Å². The van der Waals surface area contributed by atoms with Gasteiger partial charge in [-0.1, -0.05) is 30.3 Å². The number of aromatic nitrogens is 3. The number of H-pyrrole nitrogens is 1. The van der Waals surface area contributed by atoms with Gasteiger partial charge in [-0.05, 0) is 83.0 Å². The highest BCUT2D eigenvalue weighted by molar-refractivity contribution is 6.37. The fourth-order valence-electron chi connectivity index (χ4n) is 6.95. The molecule has 4 aromatic rings. The van der Waals surface area contributed by atoms with Gasteiger partial charge in [0.15, 0.2) is 24.8 Å². The average molecular weight is 662 g/mol. The van der Waals surface area contributed by atoms with Gasteiger partial charge in [-0.15, -0.1) is 0 Å². The van der Waals surface area contributed by atoms with Gasteiger partial charge in [-0.2, -0.15) is 0 Å². The maximum atomic E-state index is 5.37. The Morgan fingerprint density at radius 1 is 0.471 bits per heavy atom. The van der Waals surface area contributed by atoms with E-state index in [2.05, 4.69) is 151 Å². The maximum Gasteiger partial charge on any atom is 0.169 e. The number of nitrogens with one attached hydrogen (secondary N) is 1. The van der Waals surface area contributed by atoms with Crippen molar-refractivity contribution >= 4 is 39.4 Å². The molecule has 7 heteroatoms. The minimum Gasteiger partial charge on any atom is -0.357 e. The van der Waals surface area contributed by atoms with Crippen LogP contribution in [0, 0.1) is 0 Å². The van der Waals surface area contributed by atoms with Gasteiger partial charge in [0.1, 0.15) is 14.1 Å². The summed E-state index contributed by atoms with van der Waals surface area (Å²) in [5.74, 6) is 0. The third-order valence-electron chi connectivity index (χ3n) is 9.55. The van der Waals surface area contributed by atoms with E-state index in [1.807, 2.05) is 41.2 Å². The molecule has 0 saturated carbocycles. The Labute approximate surface area is 297 Å². The fourth-order valence-corrected chi connectivity index (χ4v) is 6.95. The highest BCUT2D eigenvalue weighted by Crippen LogP contribution is 2.38. The van der Waals surface area contributed by atoms with E-state index in [9.17, 15) is 0 Å². The second kappa shape index (κ2) is 12.3. The summed E-state index contributed by atoms with van der Waals surface area (Å²) in [4.78, 5) is 21.9. The number of fused-ring (bicyclic) bond motifs is 5. The number of allylic oxidation sites excluding steroid dienone is 12. The molecule has 8 bridgehead atoms. The van der Waals surface area contributed by atoms with E-state index in [-0.39, 0.29) is 0 Å². The van der Waals surface area contributed by atoms with Crippen LogP contribution in [0.5, 0.6) is 0 Å². The Bertz CT molecular complexity index is 2480. The van der Waals surface area contributed by atoms with E-state index < -0.39 is 0 Å². The molecular formula is C44H35N7+2. The number of hydrogen-bond acceptors (Lipinski definition) is 4. The van der Waals surface area contributed by atoms with E-state index >= 15 is 0 Å². The summed E-state index contributed by atoms with van der Waals surface area (Å²) in [6, 6.07) is 23.3. The molecule has 5 aliphatic heterocycles. The second-order valence-corrected chi connectivity index (χ2v) is 13.1. The maximum absolute atomic E-state index is 5.37. The van der Waals surface area contributed by atoms with Crippen LogP contribution in [-0.4, -0.2) is 34.1 Å². The molecule has 0 aliphatic carbocycles. The summed E-state index contributed by atoms with van der Waals surface area (Å²) in [7, 11) is 6.09. The van der Waals surface area contributed by atoms with E-state index in [0.717, 1.165) is 90.2 Å². The molecule has 0 spiro atoms. The van der Waals surface area contributed by atoms with Crippen molar-refractivity contribution in [3.63, 3.8) is 0 Å². The Morgan fingerprint density at radius 3 is 1.41 bits per heavy atom. The SMILES string of the molecule is CN1C=CC(=C2C3=NC(=C(c4cc[n+](C)cc4)C4=NC(=C(c5cc[n+](C)cc5)C5=NC(=C(c6ccccc6)c6ccc2[nH]6)C=C5)C=C4)C=C3)C=C1. The number of benzene rings is 1. The molecule has 51 heavy (non-hydrogen) atoms. The fraction of sp³-hybridized carbons (Fsp3) is 0.0682. The van der Waals surface area contributed by atoms with Crippen molar-refractivity contribution in [3.05, 3.63) is 203 Å². The predicted octanol–water partition coefficient (Wildman–Crippen LogP) is 7.02. The van der Waals surface area contributed by atoms with Crippen LogP contribution in [0.15, 0.2) is 190 Å². The lowest BCUT2D eigenvalue weighted by Gasteiger charge is -2.16. The van der Waals surface area contributed by atoms with Gasteiger partial charge < -0.3 is 9.88 Å². The van der Waals surface area contributed by atoms with Gasteiger partial charge in [0.2, 0.25) is 0 Å². The molecule has 8 heterocycles. The van der Waals surface area contributed by atoms with Crippen LogP contribution in [0.4, 0.5) is 0 Å². The summed E-state index contributed by atoms with van der Waals surface area (Å²) in [6.45, 7) is 0. The van der Waals surface area contributed by atoms with E-state index in [4.69, 9.17) is 15.0 Å².